The molecule has 0 aliphatic heterocycles. The Balaban J connectivity index is 3.72. The number of hydrogen-bond donors (Lipinski definition) is 0. The molecule has 0 atom stereocenters. The van der Waals surface area contributed by atoms with Crippen molar-refractivity contribution in [2.24, 2.45) is 0 Å². The standard InChI is InChI=1S/C18H38O3Si/c1-5-9-10-11-12-13-14-15-16-17-18-22(19-6-2,20-7-3)21-8-4/h5H,1,6-18H2,2-4H3. The summed E-state index contributed by atoms with van der Waals surface area (Å²) in [7, 11) is -2.40. The molecule has 0 aromatic carbocycles. The van der Waals surface area contributed by atoms with E-state index in [1.54, 1.807) is 0 Å². The van der Waals surface area contributed by atoms with E-state index in [0.717, 1.165) is 12.5 Å². The van der Waals surface area contributed by atoms with Gasteiger partial charge in [-0.25, -0.2) is 0 Å². The fourth-order valence-electron chi connectivity index (χ4n) is 2.69. The number of unbranched alkanes of at least 4 members (excludes halogenated alkanes) is 8. The van der Waals surface area contributed by atoms with Crippen LogP contribution in [-0.2, 0) is 13.3 Å². The highest BCUT2D eigenvalue weighted by atomic mass is 28.4. The highest BCUT2D eigenvalue weighted by Gasteiger charge is 2.39. The fourth-order valence-corrected chi connectivity index (χ4v) is 5.38. The molecule has 0 aliphatic carbocycles. The van der Waals surface area contributed by atoms with Gasteiger partial charge in [-0.3, -0.25) is 0 Å². The largest absolute Gasteiger partial charge is 0.500 e. The van der Waals surface area contributed by atoms with Crippen molar-refractivity contribution in [1.29, 1.82) is 0 Å². The Bertz CT molecular complexity index is 229. The van der Waals surface area contributed by atoms with Gasteiger partial charge in [-0.1, -0.05) is 44.6 Å². The summed E-state index contributed by atoms with van der Waals surface area (Å²) in [6.07, 6.45) is 13.6. The predicted octanol–water partition coefficient (Wildman–Crippen LogP) is 5.73. The summed E-state index contributed by atoms with van der Waals surface area (Å²) in [5.41, 5.74) is 0. The third-order valence-electron chi connectivity index (χ3n) is 3.73. The minimum Gasteiger partial charge on any atom is -0.374 e. The van der Waals surface area contributed by atoms with Gasteiger partial charge in [0.1, 0.15) is 0 Å². The van der Waals surface area contributed by atoms with Gasteiger partial charge >= 0.3 is 8.80 Å². The van der Waals surface area contributed by atoms with E-state index in [4.69, 9.17) is 13.3 Å². The van der Waals surface area contributed by atoms with Crippen molar-refractivity contribution in [2.45, 2.75) is 84.6 Å². The van der Waals surface area contributed by atoms with Gasteiger partial charge in [0.05, 0.1) is 0 Å². The summed E-state index contributed by atoms with van der Waals surface area (Å²) in [4.78, 5) is 0. The van der Waals surface area contributed by atoms with Crippen LogP contribution >= 0.6 is 0 Å². The van der Waals surface area contributed by atoms with E-state index in [9.17, 15) is 0 Å². The fraction of sp³-hybridized carbons (Fsp3) is 0.889. The molecule has 0 aromatic rings. The number of allylic oxidation sites excluding steroid dienone is 1. The Morgan fingerprint density at radius 3 is 1.50 bits per heavy atom. The predicted molar refractivity (Wildman–Crippen MR) is 97.2 cm³/mol. The lowest BCUT2D eigenvalue weighted by atomic mass is 10.1. The van der Waals surface area contributed by atoms with Crippen LogP contribution in [0.1, 0.15) is 78.6 Å². The first-order chi connectivity index (χ1) is 10.7. The SMILES string of the molecule is C=CCCCCCCCCCC[Si](OCC)(OCC)OCC. The second kappa shape index (κ2) is 15.7. The van der Waals surface area contributed by atoms with Crippen LogP contribution in [0, 0.1) is 0 Å². The van der Waals surface area contributed by atoms with Gasteiger partial charge in [-0.2, -0.15) is 0 Å². The van der Waals surface area contributed by atoms with Crippen LogP contribution in [0.3, 0.4) is 0 Å². The molecule has 0 N–H and O–H groups in total. The van der Waals surface area contributed by atoms with Crippen molar-refractivity contribution >= 4 is 8.80 Å². The molecule has 0 saturated heterocycles. The van der Waals surface area contributed by atoms with Crippen LogP contribution in [0.25, 0.3) is 0 Å². The minimum atomic E-state index is -2.40. The molecule has 0 rings (SSSR count). The second-order valence-electron chi connectivity index (χ2n) is 5.64. The highest BCUT2D eigenvalue weighted by Crippen LogP contribution is 2.20. The summed E-state index contributed by atoms with van der Waals surface area (Å²) in [5, 5.41) is 0. The molecule has 0 spiro atoms. The molecule has 0 fully saturated rings. The van der Waals surface area contributed by atoms with Crippen molar-refractivity contribution in [3.63, 3.8) is 0 Å². The van der Waals surface area contributed by atoms with Crippen molar-refractivity contribution < 1.29 is 13.3 Å². The summed E-state index contributed by atoms with van der Waals surface area (Å²) in [6.45, 7) is 11.9. The van der Waals surface area contributed by atoms with Crippen LogP contribution in [0.15, 0.2) is 12.7 Å². The third-order valence-corrected chi connectivity index (χ3v) is 6.89. The van der Waals surface area contributed by atoms with Gasteiger partial charge in [0, 0.05) is 25.9 Å². The molecule has 22 heavy (non-hydrogen) atoms. The molecular formula is C18H38O3Si. The van der Waals surface area contributed by atoms with E-state index >= 15 is 0 Å². The molecule has 0 aliphatic rings. The smallest absolute Gasteiger partial charge is 0.374 e. The average molecular weight is 331 g/mol. The molecule has 0 saturated carbocycles. The van der Waals surface area contributed by atoms with Crippen LogP contribution in [-0.4, -0.2) is 28.6 Å². The Morgan fingerprint density at radius 1 is 0.682 bits per heavy atom. The summed E-state index contributed by atoms with van der Waals surface area (Å²) in [5.74, 6) is 0. The van der Waals surface area contributed by atoms with E-state index in [1.807, 2.05) is 26.8 Å². The molecule has 0 bridgehead atoms. The maximum atomic E-state index is 5.88. The van der Waals surface area contributed by atoms with E-state index in [2.05, 4.69) is 6.58 Å². The lowest BCUT2D eigenvalue weighted by Gasteiger charge is -2.28. The van der Waals surface area contributed by atoms with Crippen LogP contribution in [0.4, 0.5) is 0 Å². The normalized spacial score (nSPS) is 11.8. The Labute approximate surface area is 139 Å². The summed E-state index contributed by atoms with van der Waals surface area (Å²) < 4.78 is 17.6. The number of hydrogen-bond acceptors (Lipinski definition) is 3. The number of rotatable bonds is 17. The first-order valence-electron chi connectivity index (χ1n) is 9.27. The molecule has 0 unspecified atom stereocenters. The van der Waals surface area contributed by atoms with E-state index < -0.39 is 8.80 Å². The zero-order chi connectivity index (χ0) is 16.5. The van der Waals surface area contributed by atoms with E-state index in [-0.39, 0.29) is 0 Å². The lowest BCUT2D eigenvalue weighted by molar-refractivity contribution is 0.0706. The van der Waals surface area contributed by atoms with E-state index in [0.29, 0.717) is 19.8 Å². The van der Waals surface area contributed by atoms with Crippen molar-refractivity contribution in [1.82, 2.24) is 0 Å². The zero-order valence-corrected chi connectivity index (χ0v) is 16.2. The van der Waals surface area contributed by atoms with Gasteiger partial charge < -0.3 is 13.3 Å². The van der Waals surface area contributed by atoms with Gasteiger partial charge in [0.25, 0.3) is 0 Å². The van der Waals surface area contributed by atoms with Crippen LogP contribution in [0.5, 0.6) is 0 Å². The molecule has 132 valence electrons. The topological polar surface area (TPSA) is 27.7 Å². The van der Waals surface area contributed by atoms with E-state index in [1.165, 1.54) is 51.4 Å². The maximum Gasteiger partial charge on any atom is 0.500 e. The molecule has 4 heteroatoms. The quantitative estimate of drug-likeness (QED) is 0.193. The molecule has 0 aromatic heterocycles. The van der Waals surface area contributed by atoms with Gasteiger partial charge in [0.2, 0.25) is 0 Å². The van der Waals surface area contributed by atoms with Gasteiger partial charge in [-0.15, -0.1) is 6.58 Å². The molecule has 0 heterocycles. The minimum absolute atomic E-state index is 0.678. The highest BCUT2D eigenvalue weighted by molar-refractivity contribution is 6.60. The third kappa shape index (κ3) is 11.4. The van der Waals surface area contributed by atoms with Crippen LogP contribution < -0.4 is 0 Å². The monoisotopic (exact) mass is 330 g/mol. The van der Waals surface area contributed by atoms with Crippen LogP contribution in [0.2, 0.25) is 6.04 Å². The van der Waals surface area contributed by atoms with Gasteiger partial charge in [0.15, 0.2) is 0 Å². The van der Waals surface area contributed by atoms with Crippen molar-refractivity contribution in [2.75, 3.05) is 19.8 Å². The lowest BCUT2D eigenvalue weighted by Crippen LogP contribution is -2.45. The maximum absolute atomic E-state index is 5.88. The molecule has 0 radical (unpaired) electrons. The first kappa shape index (κ1) is 21.8. The van der Waals surface area contributed by atoms with Crippen molar-refractivity contribution in [3.05, 3.63) is 12.7 Å². The molecule has 3 nitrogen and oxygen atoms in total. The molecule has 0 amide bonds. The Hall–Kier alpha value is -0.163. The first-order valence-corrected chi connectivity index (χ1v) is 11.2. The summed E-state index contributed by atoms with van der Waals surface area (Å²) in [6, 6.07) is 0.960. The van der Waals surface area contributed by atoms with Gasteiger partial charge in [-0.05, 0) is 40.0 Å². The Morgan fingerprint density at radius 2 is 1.09 bits per heavy atom. The molecular weight excluding hydrogens is 292 g/mol. The summed E-state index contributed by atoms with van der Waals surface area (Å²) >= 11 is 0. The Kier molecular flexibility index (Phi) is 15.6. The second-order valence-corrected chi connectivity index (χ2v) is 8.37. The van der Waals surface area contributed by atoms with Crippen molar-refractivity contribution in [3.8, 4) is 0 Å². The average Bonchev–Trinajstić information content (AvgIpc) is 2.50. The zero-order valence-electron chi connectivity index (χ0n) is 15.2.